The summed E-state index contributed by atoms with van der Waals surface area (Å²) in [5.41, 5.74) is 2.24. The van der Waals surface area contributed by atoms with Gasteiger partial charge in [0.1, 0.15) is 6.10 Å². The van der Waals surface area contributed by atoms with Crippen molar-refractivity contribution in [3.05, 3.63) is 83.9 Å². The number of carbonyl (C=O) groups is 2. The van der Waals surface area contributed by atoms with Crippen LogP contribution in [0.3, 0.4) is 0 Å². The maximum absolute atomic E-state index is 13.2. The molecule has 0 aromatic heterocycles. The maximum Gasteiger partial charge on any atom is 0.352 e. The Morgan fingerprint density at radius 2 is 1.41 bits per heavy atom. The van der Waals surface area contributed by atoms with E-state index in [0.717, 1.165) is 11.1 Å². The fourth-order valence-electron chi connectivity index (χ4n) is 3.25. The molecule has 5 nitrogen and oxygen atoms in total. The molecule has 3 atom stereocenters. The quantitative estimate of drug-likeness (QED) is 0.209. The lowest BCUT2D eigenvalue weighted by molar-refractivity contribution is -0.171. The van der Waals surface area contributed by atoms with E-state index in [1.807, 2.05) is 43.3 Å². The van der Waals surface area contributed by atoms with Crippen LogP contribution in [0.5, 0.6) is 0 Å². The second kappa shape index (κ2) is 11.6. The Morgan fingerprint density at radius 3 is 1.88 bits per heavy atom. The molecule has 6 heteroatoms. The van der Waals surface area contributed by atoms with Crippen molar-refractivity contribution in [1.82, 2.24) is 0 Å². The zero-order valence-corrected chi connectivity index (χ0v) is 22.5. The first-order valence-corrected chi connectivity index (χ1v) is 14.6. The van der Waals surface area contributed by atoms with Crippen molar-refractivity contribution in [2.24, 2.45) is 0 Å². The predicted octanol–water partition coefficient (Wildman–Crippen LogP) is 6.93. The van der Waals surface area contributed by atoms with Gasteiger partial charge in [0.2, 0.25) is 6.10 Å². The highest BCUT2D eigenvalue weighted by molar-refractivity contribution is 6.74. The molecule has 0 aliphatic carbocycles. The second-order valence-electron chi connectivity index (χ2n) is 10.1. The lowest BCUT2D eigenvalue weighted by Crippen LogP contribution is -2.43. The standard InChI is InChI=1S/C28H38O5Si/c1-20(21(2)33-34(7,8)28(4,5)6)19-25(23-15-11-9-12-16-23)32-27(30)26(31-22(3)29)24-17-13-10-14-18-24/h9-18,21,25-26H,1,19H2,2-8H3/t21-,25-,26+/m1/s1. The molecule has 0 unspecified atom stereocenters. The minimum absolute atomic E-state index is 0.0692. The van der Waals surface area contributed by atoms with E-state index in [9.17, 15) is 9.59 Å². The third-order valence-electron chi connectivity index (χ3n) is 6.33. The number of hydrogen-bond acceptors (Lipinski definition) is 5. The summed E-state index contributed by atoms with van der Waals surface area (Å²) in [5, 5.41) is 0.0692. The zero-order valence-electron chi connectivity index (χ0n) is 21.5. The van der Waals surface area contributed by atoms with E-state index in [1.165, 1.54) is 6.92 Å². The second-order valence-corrected chi connectivity index (χ2v) is 14.9. The van der Waals surface area contributed by atoms with Crippen LogP contribution in [0.2, 0.25) is 18.1 Å². The fraction of sp³-hybridized carbons (Fsp3) is 0.429. The highest BCUT2D eigenvalue weighted by Crippen LogP contribution is 2.39. The van der Waals surface area contributed by atoms with Gasteiger partial charge in [0.15, 0.2) is 8.32 Å². The van der Waals surface area contributed by atoms with Gasteiger partial charge in [0.25, 0.3) is 0 Å². The van der Waals surface area contributed by atoms with Gasteiger partial charge in [0, 0.05) is 18.9 Å². The molecule has 184 valence electrons. The number of hydrogen-bond donors (Lipinski definition) is 0. The third-order valence-corrected chi connectivity index (χ3v) is 10.9. The van der Waals surface area contributed by atoms with Gasteiger partial charge in [-0.25, -0.2) is 4.79 Å². The number of benzene rings is 2. The minimum Gasteiger partial charge on any atom is -0.454 e. The molecule has 2 aromatic rings. The largest absolute Gasteiger partial charge is 0.454 e. The molecular weight excluding hydrogens is 444 g/mol. The summed E-state index contributed by atoms with van der Waals surface area (Å²) in [7, 11) is -2.00. The van der Waals surface area contributed by atoms with Gasteiger partial charge in [-0.15, -0.1) is 0 Å². The van der Waals surface area contributed by atoms with E-state index in [1.54, 1.807) is 24.3 Å². The molecule has 0 heterocycles. The number of esters is 2. The van der Waals surface area contributed by atoms with E-state index in [2.05, 4.69) is 40.4 Å². The zero-order chi connectivity index (χ0) is 25.5. The van der Waals surface area contributed by atoms with Crippen LogP contribution < -0.4 is 0 Å². The highest BCUT2D eigenvalue weighted by Gasteiger charge is 2.39. The smallest absolute Gasteiger partial charge is 0.352 e. The first-order chi connectivity index (χ1) is 15.8. The summed E-state index contributed by atoms with van der Waals surface area (Å²) in [6, 6.07) is 18.4. The average Bonchev–Trinajstić information content (AvgIpc) is 2.76. The Balaban J connectivity index is 2.25. The molecule has 2 aromatic carbocycles. The number of rotatable bonds is 10. The molecule has 0 spiro atoms. The first-order valence-electron chi connectivity index (χ1n) is 11.6. The summed E-state index contributed by atoms with van der Waals surface area (Å²) in [6.07, 6.45) is -1.52. The Labute approximate surface area is 205 Å². The van der Waals surface area contributed by atoms with Crippen LogP contribution >= 0.6 is 0 Å². The molecule has 34 heavy (non-hydrogen) atoms. The molecule has 0 aliphatic heterocycles. The highest BCUT2D eigenvalue weighted by atomic mass is 28.4. The topological polar surface area (TPSA) is 61.8 Å². The van der Waals surface area contributed by atoms with Crippen molar-refractivity contribution < 1.29 is 23.5 Å². The number of carbonyl (C=O) groups excluding carboxylic acids is 2. The SMILES string of the molecule is C=C(C[C@@H](OC(=O)[C@@H](OC(C)=O)c1ccccc1)c1ccccc1)[C@@H](C)O[Si](C)(C)C(C)(C)C. The van der Waals surface area contributed by atoms with Crippen molar-refractivity contribution in [2.45, 2.75) is 77.5 Å². The average molecular weight is 483 g/mol. The number of ether oxygens (including phenoxy) is 2. The maximum atomic E-state index is 13.2. The van der Waals surface area contributed by atoms with Crippen molar-refractivity contribution in [2.75, 3.05) is 0 Å². The first kappa shape index (κ1) is 27.5. The van der Waals surface area contributed by atoms with Crippen LogP contribution in [0, 0.1) is 0 Å². The lowest BCUT2D eigenvalue weighted by Gasteiger charge is -2.39. The van der Waals surface area contributed by atoms with E-state index >= 15 is 0 Å². The Bertz CT molecular complexity index is 963. The molecule has 0 aliphatic rings. The van der Waals surface area contributed by atoms with Crippen molar-refractivity contribution in [3.8, 4) is 0 Å². The van der Waals surface area contributed by atoms with Crippen LogP contribution in [-0.2, 0) is 23.5 Å². The minimum atomic E-state index is -2.00. The van der Waals surface area contributed by atoms with Crippen molar-refractivity contribution in [3.63, 3.8) is 0 Å². The van der Waals surface area contributed by atoms with Crippen LogP contribution in [0.15, 0.2) is 72.8 Å². The van der Waals surface area contributed by atoms with E-state index < -0.39 is 32.5 Å². The Kier molecular flexibility index (Phi) is 9.42. The molecule has 0 bridgehead atoms. The van der Waals surface area contributed by atoms with Gasteiger partial charge in [0.05, 0.1) is 6.10 Å². The summed E-state index contributed by atoms with van der Waals surface area (Å²) < 4.78 is 17.8. The molecule has 0 amide bonds. The summed E-state index contributed by atoms with van der Waals surface area (Å²) >= 11 is 0. The Hall–Kier alpha value is -2.70. The van der Waals surface area contributed by atoms with Gasteiger partial charge in [-0.3, -0.25) is 4.79 Å². The molecule has 0 saturated heterocycles. The normalized spacial score (nSPS) is 14.6. The van der Waals surface area contributed by atoms with Crippen LogP contribution in [0.25, 0.3) is 0 Å². The van der Waals surface area contributed by atoms with E-state index in [-0.39, 0.29) is 11.1 Å². The van der Waals surface area contributed by atoms with Crippen LogP contribution in [0.4, 0.5) is 0 Å². The van der Waals surface area contributed by atoms with E-state index in [0.29, 0.717) is 12.0 Å². The third kappa shape index (κ3) is 7.67. The van der Waals surface area contributed by atoms with Gasteiger partial charge < -0.3 is 13.9 Å². The molecular formula is C28H38O5Si. The molecule has 0 radical (unpaired) electrons. The summed E-state index contributed by atoms with van der Waals surface area (Å²) in [5.74, 6) is -1.18. The monoisotopic (exact) mass is 482 g/mol. The van der Waals surface area contributed by atoms with Gasteiger partial charge in [-0.05, 0) is 36.2 Å². The molecule has 0 fully saturated rings. The van der Waals surface area contributed by atoms with Crippen molar-refractivity contribution in [1.29, 1.82) is 0 Å². The Morgan fingerprint density at radius 1 is 0.912 bits per heavy atom. The molecule has 0 saturated carbocycles. The van der Waals surface area contributed by atoms with Gasteiger partial charge >= 0.3 is 11.9 Å². The van der Waals surface area contributed by atoms with Crippen molar-refractivity contribution >= 4 is 20.3 Å². The molecule has 2 rings (SSSR count). The summed E-state index contributed by atoms with van der Waals surface area (Å²) in [6.45, 7) is 18.5. The fourth-order valence-corrected chi connectivity index (χ4v) is 4.65. The van der Waals surface area contributed by atoms with E-state index in [4.69, 9.17) is 13.9 Å². The predicted molar refractivity (Wildman–Crippen MR) is 138 cm³/mol. The lowest BCUT2D eigenvalue weighted by atomic mass is 9.99. The van der Waals surface area contributed by atoms with Crippen LogP contribution in [0.1, 0.15) is 64.4 Å². The van der Waals surface area contributed by atoms with Gasteiger partial charge in [-0.2, -0.15) is 0 Å². The molecule has 0 N–H and O–H groups in total. The van der Waals surface area contributed by atoms with Crippen LogP contribution in [-0.4, -0.2) is 26.4 Å². The summed E-state index contributed by atoms with van der Waals surface area (Å²) in [4.78, 5) is 24.9. The van der Waals surface area contributed by atoms with Gasteiger partial charge in [-0.1, -0.05) is 88.0 Å².